The molecule has 0 fully saturated rings. The minimum absolute atomic E-state index is 0.313. The molecule has 0 amide bonds. The van der Waals surface area contributed by atoms with Gasteiger partial charge in [-0.15, -0.1) is 0 Å². The Morgan fingerprint density at radius 3 is 2.26 bits per heavy atom. The van der Waals surface area contributed by atoms with Gasteiger partial charge in [-0.3, -0.25) is 0 Å². The van der Waals surface area contributed by atoms with Crippen LogP contribution >= 0.6 is 0 Å². The van der Waals surface area contributed by atoms with E-state index in [1.807, 2.05) is 0 Å². The van der Waals surface area contributed by atoms with Crippen LogP contribution in [0.4, 0.5) is 0 Å². The van der Waals surface area contributed by atoms with Crippen LogP contribution < -0.4 is 10.1 Å². The molecule has 108 valence electrons. The third-order valence-electron chi connectivity index (χ3n) is 3.43. The van der Waals surface area contributed by atoms with Gasteiger partial charge in [0.2, 0.25) is 0 Å². The zero-order valence-electron chi connectivity index (χ0n) is 13.6. The number of aryl methyl sites for hydroxylation is 2. The Bertz CT molecular complexity index is 418. The highest BCUT2D eigenvalue weighted by Crippen LogP contribution is 2.33. The van der Waals surface area contributed by atoms with Gasteiger partial charge in [-0.2, -0.15) is 0 Å². The maximum absolute atomic E-state index is 5.40. The van der Waals surface area contributed by atoms with Crippen LogP contribution in [0.2, 0.25) is 0 Å². The Balaban J connectivity index is 3.12. The van der Waals surface area contributed by atoms with Gasteiger partial charge in [-0.1, -0.05) is 33.8 Å². The molecular formula is C17H29NO. The molecule has 1 N–H and O–H groups in total. The molecule has 19 heavy (non-hydrogen) atoms. The molecule has 1 rings (SSSR count). The van der Waals surface area contributed by atoms with Crippen molar-refractivity contribution in [2.75, 3.05) is 13.7 Å². The van der Waals surface area contributed by atoms with Crippen LogP contribution in [0.25, 0.3) is 0 Å². The minimum Gasteiger partial charge on any atom is -0.496 e. The van der Waals surface area contributed by atoms with Gasteiger partial charge in [0.25, 0.3) is 0 Å². The number of benzene rings is 1. The van der Waals surface area contributed by atoms with Gasteiger partial charge in [-0.05, 0) is 55.0 Å². The molecule has 2 heteroatoms. The maximum atomic E-state index is 5.40. The molecule has 2 nitrogen and oxygen atoms in total. The van der Waals surface area contributed by atoms with E-state index in [1.54, 1.807) is 7.11 Å². The fourth-order valence-electron chi connectivity index (χ4n) is 2.56. The largest absolute Gasteiger partial charge is 0.496 e. The summed E-state index contributed by atoms with van der Waals surface area (Å²) in [6.45, 7) is 14.3. The molecule has 0 aliphatic rings. The summed E-state index contributed by atoms with van der Waals surface area (Å²) in [6, 6.07) is 4.83. The van der Waals surface area contributed by atoms with Crippen LogP contribution in [0.3, 0.4) is 0 Å². The van der Waals surface area contributed by atoms with Crippen molar-refractivity contribution in [3.63, 3.8) is 0 Å². The van der Waals surface area contributed by atoms with Crippen LogP contribution in [0.5, 0.6) is 5.75 Å². The smallest absolute Gasteiger partial charge is 0.122 e. The SMILES string of the molecule is CCNC(CC(C)(C)C)c1cc(C)c(OC)cc1C. The van der Waals surface area contributed by atoms with Crippen molar-refractivity contribution in [1.82, 2.24) is 5.32 Å². The van der Waals surface area contributed by atoms with Crippen molar-refractivity contribution >= 4 is 0 Å². The Labute approximate surface area is 118 Å². The van der Waals surface area contributed by atoms with Gasteiger partial charge in [0.05, 0.1) is 7.11 Å². The normalized spacial score (nSPS) is 13.4. The lowest BCUT2D eigenvalue weighted by atomic mass is 9.84. The van der Waals surface area contributed by atoms with Crippen molar-refractivity contribution in [2.24, 2.45) is 5.41 Å². The number of hydrogen-bond acceptors (Lipinski definition) is 2. The quantitative estimate of drug-likeness (QED) is 0.850. The Hall–Kier alpha value is -1.02. The molecule has 0 heterocycles. The Morgan fingerprint density at radius 2 is 1.79 bits per heavy atom. The predicted octanol–water partition coefficient (Wildman–Crippen LogP) is 4.40. The second-order valence-electron chi connectivity index (χ2n) is 6.55. The number of rotatable bonds is 5. The fraction of sp³-hybridized carbons (Fsp3) is 0.647. The molecule has 1 aromatic carbocycles. The van der Waals surface area contributed by atoms with Crippen molar-refractivity contribution in [2.45, 2.75) is 54.0 Å². The first kappa shape index (κ1) is 16.0. The van der Waals surface area contributed by atoms with Gasteiger partial charge < -0.3 is 10.1 Å². The van der Waals surface area contributed by atoms with E-state index >= 15 is 0 Å². The Kier molecular flexibility index (Phi) is 5.42. The van der Waals surface area contributed by atoms with Crippen molar-refractivity contribution in [3.05, 3.63) is 28.8 Å². The topological polar surface area (TPSA) is 21.3 Å². The lowest BCUT2D eigenvalue weighted by Crippen LogP contribution is -2.26. The average Bonchev–Trinajstić information content (AvgIpc) is 2.29. The van der Waals surface area contributed by atoms with E-state index in [2.05, 4.69) is 59.0 Å². The van der Waals surface area contributed by atoms with Crippen molar-refractivity contribution in [1.29, 1.82) is 0 Å². The highest BCUT2D eigenvalue weighted by atomic mass is 16.5. The summed E-state index contributed by atoms with van der Waals surface area (Å²) in [6.07, 6.45) is 1.13. The van der Waals surface area contributed by atoms with Crippen molar-refractivity contribution in [3.8, 4) is 5.75 Å². The molecule has 1 unspecified atom stereocenters. The maximum Gasteiger partial charge on any atom is 0.122 e. The summed E-state index contributed by atoms with van der Waals surface area (Å²) in [5, 5.41) is 3.62. The van der Waals surface area contributed by atoms with E-state index in [0.29, 0.717) is 11.5 Å². The van der Waals surface area contributed by atoms with E-state index in [1.165, 1.54) is 16.7 Å². The zero-order valence-corrected chi connectivity index (χ0v) is 13.6. The molecule has 0 bridgehead atoms. The highest BCUT2D eigenvalue weighted by molar-refractivity contribution is 5.43. The van der Waals surface area contributed by atoms with Gasteiger partial charge in [0.1, 0.15) is 5.75 Å². The Morgan fingerprint density at radius 1 is 1.16 bits per heavy atom. The summed E-state index contributed by atoms with van der Waals surface area (Å²) < 4.78 is 5.40. The number of nitrogens with one attached hydrogen (secondary N) is 1. The molecule has 0 radical (unpaired) electrons. The third-order valence-corrected chi connectivity index (χ3v) is 3.43. The monoisotopic (exact) mass is 263 g/mol. The first-order valence-electron chi connectivity index (χ1n) is 7.17. The molecule has 1 aromatic rings. The minimum atomic E-state index is 0.313. The average molecular weight is 263 g/mol. The first-order valence-corrected chi connectivity index (χ1v) is 7.17. The lowest BCUT2D eigenvalue weighted by molar-refractivity contribution is 0.313. The van der Waals surface area contributed by atoms with Crippen LogP contribution in [-0.2, 0) is 0 Å². The predicted molar refractivity (Wildman–Crippen MR) is 83.0 cm³/mol. The van der Waals surface area contributed by atoms with E-state index in [4.69, 9.17) is 4.74 Å². The van der Waals surface area contributed by atoms with E-state index in [9.17, 15) is 0 Å². The number of hydrogen-bond donors (Lipinski definition) is 1. The molecule has 0 saturated heterocycles. The molecule has 0 aliphatic heterocycles. The van der Waals surface area contributed by atoms with Crippen LogP contribution in [0.15, 0.2) is 12.1 Å². The molecular weight excluding hydrogens is 234 g/mol. The van der Waals surface area contributed by atoms with Gasteiger partial charge in [0.15, 0.2) is 0 Å². The molecule has 1 atom stereocenters. The van der Waals surface area contributed by atoms with Gasteiger partial charge in [0, 0.05) is 6.04 Å². The summed E-state index contributed by atoms with van der Waals surface area (Å²) in [5.41, 5.74) is 4.22. The molecule has 0 saturated carbocycles. The second kappa shape index (κ2) is 6.42. The summed E-state index contributed by atoms with van der Waals surface area (Å²) >= 11 is 0. The summed E-state index contributed by atoms with van der Waals surface area (Å²) in [4.78, 5) is 0. The first-order chi connectivity index (χ1) is 8.78. The van der Waals surface area contributed by atoms with Crippen molar-refractivity contribution < 1.29 is 4.74 Å². The van der Waals surface area contributed by atoms with E-state index in [0.717, 1.165) is 18.7 Å². The second-order valence-corrected chi connectivity index (χ2v) is 6.55. The van der Waals surface area contributed by atoms with E-state index in [-0.39, 0.29) is 0 Å². The third kappa shape index (κ3) is 4.54. The lowest BCUT2D eigenvalue weighted by Gasteiger charge is -2.28. The van der Waals surface area contributed by atoms with Gasteiger partial charge in [-0.25, -0.2) is 0 Å². The molecule has 0 aliphatic carbocycles. The standard InChI is InChI=1S/C17H29NO/c1-8-18-15(11-17(4,5)6)14-9-13(3)16(19-7)10-12(14)2/h9-10,15,18H,8,11H2,1-7H3. The van der Waals surface area contributed by atoms with E-state index < -0.39 is 0 Å². The molecule has 0 spiro atoms. The molecule has 0 aromatic heterocycles. The van der Waals surface area contributed by atoms with Crippen LogP contribution in [0.1, 0.15) is 56.8 Å². The number of ether oxygens (including phenoxy) is 1. The van der Waals surface area contributed by atoms with Crippen LogP contribution in [-0.4, -0.2) is 13.7 Å². The van der Waals surface area contributed by atoms with Gasteiger partial charge >= 0.3 is 0 Å². The fourth-order valence-corrected chi connectivity index (χ4v) is 2.56. The number of methoxy groups -OCH3 is 1. The van der Waals surface area contributed by atoms with Crippen LogP contribution in [0, 0.1) is 19.3 Å². The summed E-state index contributed by atoms with van der Waals surface area (Å²) in [7, 11) is 1.73. The zero-order chi connectivity index (χ0) is 14.6. The summed E-state index contributed by atoms with van der Waals surface area (Å²) in [5.74, 6) is 0.979. The highest BCUT2D eigenvalue weighted by Gasteiger charge is 2.21.